The number of phenolic OH excluding ortho intramolecular Hbond substituents is 1. The maximum Gasteiger partial charge on any atom is 0.261 e. The Kier molecular flexibility index (Phi) is 2.41. The van der Waals surface area contributed by atoms with Crippen LogP contribution in [0.4, 0.5) is 0 Å². The van der Waals surface area contributed by atoms with Crippen molar-refractivity contribution in [1.82, 2.24) is 10.1 Å². The number of nitrogens with zero attached hydrogens (tertiary/aromatic N) is 2. The van der Waals surface area contributed by atoms with Crippen LogP contribution >= 0.6 is 0 Å². The second-order valence-corrected chi connectivity index (χ2v) is 3.63. The molecule has 4 heteroatoms. The molecule has 0 saturated carbocycles. The van der Waals surface area contributed by atoms with E-state index in [0.29, 0.717) is 17.3 Å². The third-order valence-electron chi connectivity index (χ3n) is 2.09. The lowest BCUT2D eigenvalue weighted by molar-refractivity contribution is 0.414. The maximum absolute atomic E-state index is 9.58. The zero-order chi connectivity index (χ0) is 10.8. The predicted octanol–water partition coefficient (Wildman–Crippen LogP) is 2.57. The van der Waals surface area contributed by atoms with E-state index in [1.54, 1.807) is 18.2 Å². The van der Waals surface area contributed by atoms with E-state index in [0.717, 1.165) is 0 Å². The molecule has 0 saturated heterocycles. The number of benzene rings is 1. The van der Waals surface area contributed by atoms with Gasteiger partial charge >= 0.3 is 0 Å². The highest BCUT2D eigenvalue weighted by molar-refractivity contribution is 5.61. The van der Waals surface area contributed by atoms with E-state index >= 15 is 0 Å². The van der Waals surface area contributed by atoms with Gasteiger partial charge in [0.05, 0.1) is 5.56 Å². The van der Waals surface area contributed by atoms with Crippen LogP contribution in [0.5, 0.6) is 5.75 Å². The summed E-state index contributed by atoms with van der Waals surface area (Å²) >= 11 is 0. The minimum Gasteiger partial charge on any atom is -0.507 e. The van der Waals surface area contributed by atoms with E-state index in [9.17, 15) is 5.11 Å². The third-order valence-corrected chi connectivity index (χ3v) is 2.09. The summed E-state index contributed by atoms with van der Waals surface area (Å²) in [5.74, 6) is 1.37. The van der Waals surface area contributed by atoms with Gasteiger partial charge in [0.2, 0.25) is 0 Å². The molecule has 0 amide bonds. The Bertz CT molecular complexity index is 463. The van der Waals surface area contributed by atoms with E-state index in [1.165, 1.54) is 0 Å². The molecule has 0 unspecified atom stereocenters. The first-order valence-electron chi connectivity index (χ1n) is 4.80. The number of aromatic nitrogens is 2. The van der Waals surface area contributed by atoms with Gasteiger partial charge in [0.15, 0.2) is 5.82 Å². The van der Waals surface area contributed by atoms with Crippen molar-refractivity contribution in [3.8, 4) is 17.2 Å². The van der Waals surface area contributed by atoms with E-state index in [-0.39, 0.29) is 11.7 Å². The monoisotopic (exact) mass is 204 g/mol. The average molecular weight is 204 g/mol. The van der Waals surface area contributed by atoms with Gasteiger partial charge in [-0.2, -0.15) is 4.98 Å². The smallest absolute Gasteiger partial charge is 0.261 e. The fraction of sp³-hybridized carbons (Fsp3) is 0.273. The molecule has 2 rings (SSSR count). The fourth-order valence-corrected chi connectivity index (χ4v) is 1.23. The molecule has 0 aliphatic heterocycles. The standard InChI is InChI=1S/C11H12N2O2/c1-7(2)10-12-11(15-13-10)8-5-3-4-6-9(8)14/h3-7,14H,1-2H3. The van der Waals surface area contributed by atoms with Gasteiger partial charge in [-0.1, -0.05) is 31.1 Å². The molecule has 0 aliphatic rings. The van der Waals surface area contributed by atoms with Crippen molar-refractivity contribution in [2.45, 2.75) is 19.8 Å². The van der Waals surface area contributed by atoms with Crippen LogP contribution in [0.25, 0.3) is 11.5 Å². The molecule has 0 fully saturated rings. The molecule has 15 heavy (non-hydrogen) atoms. The van der Waals surface area contributed by atoms with Gasteiger partial charge in [-0.05, 0) is 12.1 Å². The molecule has 1 heterocycles. The minimum atomic E-state index is 0.149. The topological polar surface area (TPSA) is 59.2 Å². The Balaban J connectivity index is 2.42. The molecule has 4 nitrogen and oxygen atoms in total. The van der Waals surface area contributed by atoms with Crippen molar-refractivity contribution in [1.29, 1.82) is 0 Å². The third kappa shape index (κ3) is 1.83. The molecular weight excluding hydrogens is 192 g/mol. The van der Waals surface area contributed by atoms with Crippen LogP contribution in [0.3, 0.4) is 0 Å². The second kappa shape index (κ2) is 3.73. The molecule has 0 atom stereocenters. The van der Waals surface area contributed by atoms with Gasteiger partial charge < -0.3 is 9.63 Å². The van der Waals surface area contributed by atoms with Crippen molar-refractivity contribution < 1.29 is 9.63 Å². The molecule has 2 aromatic rings. The van der Waals surface area contributed by atoms with Gasteiger partial charge in [0, 0.05) is 5.92 Å². The van der Waals surface area contributed by atoms with Crippen LogP contribution < -0.4 is 0 Å². The fourth-order valence-electron chi connectivity index (χ4n) is 1.23. The lowest BCUT2D eigenvalue weighted by Crippen LogP contribution is -1.89. The van der Waals surface area contributed by atoms with Gasteiger partial charge in [0.25, 0.3) is 5.89 Å². The Morgan fingerprint density at radius 1 is 1.27 bits per heavy atom. The summed E-state index contributed by atoms with van der Waals surface area (Å²) in [6.07, 6.45) is 0. The van der Waals surface area contributed by atoms with E-state index in [1.807, 2.05) is 19.9 Å². The maximum atomic E-state index is 9.58. The number of hydrogen-bond acceptors (Lipinski definition) is 4. The van der Waals surface area contributed by atoms with Crippen LogP contribution in [-0.4, -0.2) is 15.2 Å². The van der Waals surface area contributed by atoms with Crippen molar-refractivity contribution in [3.63, 3.8) is 0 Å². The summed E-state index contributed by atoms with van der Waals surface area (Å²) in [6.45, 7) is 3.97. The van der Waals surface area contributed by atoms with Gasteiger partial charge in [-0.3, -0.25) is 0 Å². The van der Waals surface area contributed by atoms with E-state index in [2.05, 4.69) is 10.1 Å². The van der Waals surface area contributed by atoms with Crippen LogP contribution in [0.1, 0.15) is 25.6 Å². The zero-order valence-corrected chi connectivity index (χ0v) is 8.64. The molecule has 0 spiro atoms. The highest BCUT2D eigenvalue weighted by Crippen LogP contribution is 2.27. The van der Waals surface area contributed by atoms with Crippen LogP contribution in [-0.2, 0) is 0 Å². The average Bonchev–Trinajstić information content (AvgIpc) is 2.67. The number of rotatable bonds is 2. The Morgan fingerprint density at radius 2 is 2.00 bits per heavy atom. The lowest BCUT2D eigenvalue weighted by Gasteiger charge is -1.97. The first kappa shape index (κ1) is 9.71. The molecular formula is C11H12N2O2. The molecule has 1 aromatic carbocycles. The molecule has 0 aliphatic carbocycles. The summed E-state index contributed by atoms with van der Waals surface area (Å²) in [5, 5.41) is 13.4. The Labute approximate surface area is 87.6 Å². The molecule has 1 N–H and O–H groups in total. The van der Waals surface area contributed by atoms with Crippen molar-refractivity contribution in [3.05, 3.63) is 30.1 Å². The first-order valence-corrected chi connectivity index (χ1v) is 4.80. The highest BCUT2D eigenvalue weighted by Gasteiger charge is 2.13. The van der Waals surface area contributed by atoms with E-state index in [4.69, 9.17) is 4.52 Å². The van der Waals surface area contributed by atoms with Crippen LogP contribution in [0.2, 0.25) is 0 Å². The number of hydrogen-bond donors (Lipinski definition) is 1. The number of phenols is 1. The second-order valence-electron chi connectivity index (χ2n) is 3.63. The minimum absolute atomic E-state index is 0.149. The van der Waals surface area contributed by atoms with Gasteiger partial charge in [-0.25, -0.2) is 0 Å². The first-order chi connectivity index (χ1) is 7.18. The van der Waals surface area contributed by atoms with Gasteiger partial charge in [0.1, 0.15) is 5.75 Å². The lowest BCUT2D eigenvalue weighted by atomic mass is 10.2. The summed E-state index contributed by atoms with van der Waals surface area (Å²) in [6, 6.07) is 6.90. The largest absolute Gasteiger partial charge is 0.507 e. The summed E-state index contributed by atoms with van der Waals surface area (Å²) in [4.78, 5) is 4.20. The van der Waals surface area contributed by atoms with E-state index < -0.39 is 0 Å². The van der Waals surface area contributed by atoms with Crippen LogP contribution in [0.15, 0.2) is 28.8 Å². The zero-order valence-electron chi connectivity index (χ0n) is 8.64. The number of para-hydroxylation sites is 1. The van der Waals surface area contributed by atoms with Crippen LogP contribution in [0, 0.1) is 0 Å². The van der Waals surface area contributed by atoms with Crippen molar-refractivity contribution in [2.24, 2.45) is 0 Å². The summed E-state index contributed by atoms with van der Waals surface area (Å²) < 4.78 is 5.07. The van der Waals surface area contributed by atoms with Gasteiger partial charge in [-0.15, -0.1) is 0 Å². The number of aromatic hydroxyl groups is 1. The van der Waals surface area contributed by atoms with Crippen molar-refractivity contribution >= 4 is 0 Å². The molecule has 1 aromatic heterocycles. The highest BCUT2D eigenvalue weighted by atomic mass is 16.5. The predicted molar refractivity (Wildman–Crippen MR) is 55.5 cm³/mol. The van der Waals surface area contributed by atoms with Crippen molar-refractivity contribution in [2.75, 3.05) is 0 Å². The Hall–Kier alpha value is -1.84. The quantitative estimate of drug-likeness (QED) is 0.816. The normalized spacial score (nSPS) is 10.9. The molecule has 0 bridgehead atoms. The summed E-state index contributed by atoms with van der Waals surface area (Å²) in [7, 11) is 0. The molecule has 0 radical (unpaired) electrons. The Morgan fingerprint density at radius 3 is 2.60 bits per heavy atom. The summed E-state index contributed by atoms with van der Waals surface area (Å²) in [5.41, 5.74) is 0.567. The molecule has 78 valence electrons. The SMILES string of the molecule is CC(C)c1noc(-c2ccccc2O)n1.